The van der Waals surface area contributed by atoms with E-state index in [1.54, 1.807) is 6.08 Å². The number of amides is 1. The Balaban J connectivity index is 2.10. The van der Waals surface area contributed by atoms with Crippen LogP contribution in [0.15, 0.2) is 24.3 Å². The smallest absolute Gasteiger partial charge is 0.220 e. The minimum absolute atomic E-state index is 0.168. The van der Waals surface area contributed by atoms with Crippen LogP contribution in [0.4, 0.5) is 0 Å². The third-order valence-corrected chi connectivity index (χ3v) is 17.8. The summed E-state index contributed by atoms with van der Waals surface area (Å²) in [5.74, 6) is -0.168. The van der Waals surface area contributed by atoms with Crippen molar-refractivity contribution in [3.8, 4) is 0 Å². The Labute approximate surface area is 509 Å². The molecule has 9 heteroatoms. The quantitative estimate of drug-likeness (QED) is 0.0261. The zero-order chi connectivity index (χ0) is 59.3. The molecule has 0 bridgehead atoms. The van der Waals surface area contributed by atoms with Crippen molar-refractivity contribution in [1.82, 2.24) is 5.32 Å². The molecule has 1 amide bonds. The second-order valence-electron chi connectivity index (χ2n) is 25.7. The van der Waals surface area contributed by atoms with Gasteiger partial charge in [0.25, 0.3) is 0 Å². The van der Waals surface area contributed by atoms with Gasteiger partial charge in [-0.1, -0.05) is 353 Å². The Kier molecular flexibility index (Phi) is 60.2. The molecule has 1 rings (SSSR count). The van der Waals surface area contributed by atoms with Crippen molar-refractivity contribution >= 4 is 5.91 Å². The highest BCUT2D eigenvalue weighted by molar-refractivity contribution is 5.76. The summed E-state index contributed by atoms with van der Waals surface area (Å²) in [4.78, 5) is 13.1. The van der Waals surface area contributed by atoms with Crippen molar-refractivity contribution in [2.45, 2.75) is 423 Å². The summed E-state index contributed by atoms with van der Waals surface area (Å²) in [6, 6.07) is -0.804. The molecule has 0 spiro atoms. The van der Waals surface area contributed by atoms with E-state index in [9.17, 15) is 30.3 Å². The van der Waals surface area contributed by atoms with E-state index >= 15 is 0 Å². The normalized spacial score (nSPS) is 18.4. The number of rotatable bonds is 65. The summed E-state index contributed by atoms with van der Waals surface area (Å²) < 4.78 is 11.3. The van der Waals surface area contributed by atoms with E-state index in [0.29, 0.717) is 6.42 Å². The molecule has 9 nitrogen and oxygen atoms in total. The van der Waals surface area contributed by atoms with Gasteiger partial charge in [-0.25, -0.2) is 0 Å². The van der Waals surface area contributed by atoms with E-state index in [-0.39, 0.29) is 12.5 Å². The lowest BCUT2D eigenvalue weighted by Crippen LogP contribution is -2.60. The van der Waals surface area contributed by atoms with Crippen LogP contribution in [0.5, 0.6) is 0 Å². The van der Waals surface area contributed by atoms with E-state index < -0.39 is 49.5 Å². The molecule has 1 aliphatic rings. The van der Waals surface area contributed by atoms with Crippen LogP contribution in [-0.2, 0) is 14.3 Å². The van der Waals surface area contributed by atoms with Crippen molar-refractivity contribution in [3.05, 3.63) is 24.3 Å². The Bertz CT molecular complexity index is 1340. The Hall–Kier alpha value is -1.33. The number of hydrogen-bond donors (Lipinski definition) is 6. The number of nitrogens with one attached hydrogen (secondary N) is 1. The van der Waals surface area contributed by atoms with Gasteiger partial charge in [0.05, 0.1) is 25.4 Å². The Morgan fingerprint density at radius 2 is 0.683 bits per heavy atom. The molecule has 6 N–H and O–H groups in total. The SMILES string of the molecule is CCCCCCCCCC/C=C\CCCCCCCCCCCCCCCCCCCCCC(=O)NC(COC1OC(CO)C(O)C(O)C1O)C(O)/C=C/CCCCCCCCCCCCCCCCCCCCCCCCCCCC. The highest BCUT2D eigenvalue weighted by atomic mass is 16.7. The van der Waals surface area contributed by atoms with E-state index in [1.807, 2.05) is 6.08 Å². The largest absolute Gasteiger partial charge is 0.394 e. The molecule has 1 saturated heterocycles. The molecule has 0 aromatic rings. The molecular weight excluding hydrogens is 1020 g/mol. The first-order chi connectivity index (χ1) is 40.3. The van der Waals surface area contributed by atoms with Gasteiger partial charge in [-0.3, -0.25) is 4.79 Å². The average molecular weight is 1160 g/mol. The maximum atomic E-state index is 13.1. The van der Waals surface area contributed by atoms with Crippen LogP contribution in [0.1, 0.15) is 380 Å². The number of unbranched alkanes of at least 4 members (excludes halogenated alkanes) is 53. The molecule has 486 valence electrons. The first kappa shape index (κ1) is 78.7. The molecular formula is C73H141NO8. The first-order valence-electron chi connectivity index (χ1n) is 36.6. The minimum atomic E-state index is -1.57. The molecule has 82 heavy (non-hydrogen) atoms. The van der Waals surface area contributed by atoms with Crippen molar-refractivity contribution in [2.24, 2.45) is 0 Å². The summed E-state index contributed by atoms with van der Waals surface area (Å²) >= 11 is 0. The number of hydrogen-bond acceptors (Lipinski definition) is 8. The molecule has 1 heterocycles. The maximum absolute atomic E-state index is 13.1. The van der Waals surface area contributed by atoms with Gasteiger partial charge in [-0.2, -0.15) is 0 Å². The van der Waals surface area contributed by atoms with Crippen LogP contribution < -0.4 is 5.32 Å². The van der Waals surface area contributed by atoms with Gasteiger partial charge in [-0.05, 0) is 44.9 Å². The fourth-order valence-corrected chi connectivity index (χ4v) is 12.0. The van der Waals surface area contributed by atoms with Gasteiger partial charge in [0, 0.05) is 6.42 Å². The number of aliphatic hydroxyl groups is 5. The lowest BCUT2D eigenvalue weighted by atomic mass is 9.99. The fraction of sp³-hybridized carbons (Fsp3) is 0.932. The molecule has 0 aliphatic carbocycles. The van der Waals surface area contributed by atoms with E-state index in [2.05, 4.69) is 31.3 Å². The first-order valence-corrected chi connectivity index (χ1v) is 36.6. The van der Waals surface area contributed by atoms with Gasteiger partial charge < -0.3 is 40.3 Å². The molecule has 0 radical (unpaired) electrons. The lowest BCUT2D eigenvalue weighted by Gasteiger charge is -2.40. The van der Waals surface area contributed by atoms with Gasteiger partial charge in [0.1, 0.15) is 24.4 Å². The lowest BCUT2D eigenvalue weighted by molar-refractivity contribution is -0.302. The number of ether oxygens (including phenoxy) is 2. The molecule has 0 saturated carbocycles. The zero-order valence-corrected chi connectivity index (χ0v) is 54.5. The van der Waals surface area contributed by atoms with Crippen LogP contribution in [0.25, 0.3) is 0 Å². The number of aliphatic hydroxyl groups excluding tert-OH is 5. The predicted octanol–water partition coefficient (Wildman–Crippen LogP) is 20.0. The Morgan fingerprint density at radius 1 is 0.402 bits per heavy atom. The average Bonchev–Trinajstić information content (AvgIpc) is 3.52. The van der Waals surface area contributed by atoms with Crippen molar-refractivity contribution < 1.29 is 39.8 Å². The highest BCUT2D eigenvalue weighted by Crippen LogP contribution is 2.24. The van der Waals surface area contributed by atoms with Gasteiger partial charge in [0.2, 0.25) is 5.91 Å². The van der Waals surface area contributed by atoms with Crippen LogP contribution in [0, 0.1) is 0 Å². The topological polar surface area (TPSA) is 149 Å². The highest BCUT2D eigenvalue weighted by Gasteiger charge is 2.44. The van der Waals surface area contributed by atoms with Gasteiger partial charge >= 0.3 is 0 Å². The third-order valence-electron chi connectivity index (χ3n) is 17.8. The monoisotopic (exact) mass is 1160 g/mol. The third kappa shape index (κ3) is 50.8. The van der Waals surface area contributed by atoms with Crippen LogP contribution in [0.3, 0.4) is 0 Å². The van der Waals surface area contributed by atoms with Crippen molar-refractivity contribution in [2.75, 3.05) is 13.2 Å². The van der Waals surface area contributed by atoms with Crippen LogP contribution in [-0.4, -0.2) is 87.5 Å². The summed E-state index contributed by atoms with van der Waals surface area (Å²) in [6.45, 7) is 3.84. The van der Waals surface area contributed by atoms with Crippen LogP contribution in [0.2, 0.25) is 0 Å². The van der Waals surface area contributed by atoms with Gasteiger partial charge in [-0.15, -0.1) is 0 Å². The summed E-state index contributed by atoms with van der Waals surface area (Å²) in [5, 5.41) is 54.8. The van der Waals surface area contributed by atoms with Crippen molar-refractivity contribution in [1.29, 1.82) is 0 Å². The van der Waals surface area contributed by atoms with E-state index in [4.69, 9.17) is 9.47 Å². The number of allylic oxidation sites excluding steroid dienone is 3. The number of carbonyl (C=O) groups is 1. The molecule has 0 aromatic heterocycles. The zero-order valence-electron chi connectivity index (χ0n) is 54.5. The standard InChI is InChI=1S/C73H141NO8/c1-3-5-7-9-11-13-15-17-19-21-23-25-27-29-31-33-34-35-37-39-41-43-45-47-49-51-53-55-57-59-61-63-69(77)74-66(65-81-73-72(80)71(79)70(78)68(64-75)82-73)67(76)62-60-58-56-54-52-50-48-46-44-42-40-38-36-32-30-28-26-24-22-20-18-16-14-12-10-8-6-4-2/h21,23,60,62,66-68,70-73,75-76,78-80H,3-20,22,24-59,61,63-65H2,1-2H3,(H,74,77)/b23-21-,62-60+. The fourth-order valence-electron chi connectivity index (χ4n) is 12.0. The molecule has 1 aliphatic heterocycles. The Morgan fingerprint density at radius 3 is 0.988 bits per heavy atom. The van der Waals surface area contributed by atoms with E-state index in [0.717, 1.165) is 38.5 Å². The molecule has 7 atom stereocenters. The minimum Gasteiger partial charge on any atom is -0.394 e. The van der Waals surface area contributed by atoms with Gasteiger partial charge in [0.15, 0.2) is 6.29 Å². The molecule has 1 fully saturated rings. The molecule has 7 unspecified atom stereocenters. The second-order valence-corrected chi connectivity index (χ2v) is 25.7. The summed E-state index contributed by atoms with van der Waals surface area (Å²) in [5.41, 5.74) is 0. The van der Waals surface area contributed by atoms with Crippen molar-refractivity contribution in [3.63, 3.8) is 0 Å². The summed E-state index contributed by atoms with van der Waals surface area (Å²) in [6.07, 6.45) is 75.8. The number of carbonyl (C=O) groups excluding carboxylic acids is 1. The maximum Gasteiger partial charge on any atom is 0.220 e. The van der Waals surface area contributed by atoms with E-state index in [1.165, 1.54) is 321 Å². The molecule has 0 aromatic carbocycles. The predicted molar refractivity (Wildman–Crippen MR) is 350 cm³/mol. The second kappa shape index (κ2) is 62.7. The van der Waals surface area contributed by atoms with Crippen LogP contribution >= 0.6 is 0 Å². The summed E-state index contributed by atoms with van der Waals surface area (Å²) in [7, 11) is 0.